The third kappa shape index (κ3) is 3.48. The van der Waals surface area contributed by atoms with Gasteiger partial charge in [-0.3, -0.25) is 4.79 Å². The maximum absolute atomic E-state index is 12.4. The molecule has 6 nitrogen and oxygen atoms in total. The van der Waals surface area contributed by atoms with Gasteiger partial charge in [0.2, 0.25) is 0 Å². The average Bonchev–Trinajstić information content (AvgIpc) is 2.37. The Bertz CT molecular complexity index is 704. The van der Waals surface area contributed by atoms with Gasteiger partial charge in [0, 0.05) is 11.6 Å². The molecular formula is C12H11Cl2NO5S. The lowest BCUT2D eigenvalue weighted by Gasteiger charge is -2.32. The Labute approximate surface area is 131 Å². The summed E-state index contributed by atoms with van der Waals surface area (Å²) in [5, 5.41) is 9.57. The van der Waals surface area contributed by atoms with Crippen LogP contribution in [-0.2, 0) is 14.6 Å². The third-order valence-electron chi connectivity index (χ3n) is 3.14. The molecule has 0 radical (unpaired) electrons. The Hall–Kier alpha value is -1.31. The van der Waals surface area contributed by atoms with Crippen LogP contribution in [0.25, 0.3) is 0 Å². The Morgan fingerprint density at radius 3 is 2.52 bits per heavy atom. The average molecular weight is 352 g/mol. The van der Waals surface area contributed by atoms with E-state index >= 15 is 0 Å². The van der Waals surface area contributed by atoms with Gasteiger partial charge < -0.3 is 10.0 Å². The summed E-state index contributed by atoms with van der Waals surface area (Å²) in [5.41, 5.74) is 0.0895. The molecule has 0 aliphatic carbocycles. The molecule has 0 saturated carbocycles. The maximum Gasteiger partial charge on any atom is 0.327 e. The quantitative estimate of drug-likeness (QED) is 0.867. The van der Waals surface area contributed by atoms with Crippen molar-refractivity contribution >= 4 is 44.9 Å². The summed E-state index contributed by atoms with van der Waals surface area (Å²) in [6.07, 6.45) is 0. The Kier molecular flexibility index (Phi) is 4.46. The predicted molar refractivity (Wildman–Crippen MR) is 77.6 cm³/mol. The van der Waals surface area contributed by atoms with Gasteiger partial charge in [0.05, 0.1) is 22.1 Å². The van der Waals surface area contributed by atoms with E-state index in [1.54, 1.807) is 0 Å². The summed E-state index contributed by atoms with van der Waals surface area (Å²) in [6, 6.07) is 2.79. The summed E-state index contributed by atoms with van der Waals surface area (Å²) in [7, 11) is -3.47. The zero-order valence-corrected chi connectivity index (χ0v) is 13.0. The van der Waals surface area contributed by atoms with Crippen LogP contribution < -0.4 is 0 Å². The number of amides is 1. The van der Waals surface area contributed by atoms with Crippen molar-refractivity contribution < 1.29 is 23.1 Å². The molecule has 1 amide bonds. The number of hydrogen-bond acceptors (Lipinski definition) is 4. The first-order chi connectivity index (χ1) is 9.71. The van der Waals surface area contributed by atoms with Crippen molar-refractivity contribution in [3.05, 3.63) is 33.8 Å². The molecule has 1 aromatic rings. The molecule has 21 heavy (non-hydrogen) atoms. The van der Waals surface area contributed by atoms with Gasteiger partial charge >= 0.3 is 5.97 Å². The number of carbonyl (C=O) groups excluding carboxylic acids is 1. The fraction of sp³-hybridized carbons (Fsp3) is 0.333. The third-order valence-corrected chi connectivity index (χ3v) is 5.31. The summed E-state index contributed by atoms with van der Waals surface area (Å²) < 4.78 is 23.1. The van der Waals surface area contributed by atoms with Gasteiger partial charge in [0.25, 0.3) is 5.91 Å². The fourth-order valence-corrected chi connectivity index (χ4v) is 4.01. The molecule has 2 rings (SSSR count). The van der Waals surface area contributed by atoms with E-state index in [-0.39, 0.29) is 22.9 Å². The highest BCUT2D eigenvalue weighted by atomic mass is 35.5. The molecule has 9 heteroatoms. The topological polar surface area (TPSA) is 91.8 Å². The molecule has 1 fully saturated rings. The van der Waals surface area contributed by atoms with Crippen molar-refractivity contribution in [1.29, 1.82) is 0 Å². The molecule has 1 aliphatic rings. The standard InChI is InChI=1S/C12H11Cl2NO5S/c13-7-1-2-8(9(14)5-7)11(16)15-3-4-21(19,20)6-10(15)12(17)18/h1-2,5,10H,3-4,6H2,(H,17,18). The Morgan fingerprint density at radius 1 is 1.29 bits per heavy atom. The number of benzene rings is 1. The maximum atomic E-state index is 12.4. The van der Waals surface area contributed by atoms with E-state index in [1.165, 1.54) is 18.2 Å². The lowest BCUT2D eigenvalue weighted by molar-refractivity contribution is -0.141. The molecule has 0 aromatic heterocycles. The minimum absolute atomic E-state index is 0.0880. The SMILES string of the molecule is O=C(O)C1CS(=O)(=O)CCN1C(=O)c1ccc(Cl)cc1Cl. The van der Waals surface area contributed by atoms with Crippen LogP contribution in [0.5, 0.6) is 0 Å². The minimum atomic E-state index is -3.47. The normalized spacial score (nSPS) is 21.0. The number of carboxylic acids is 1. The van der Waals surface area contributed by atoms with Gasteiger partial charge in [-0.05, 0) is 18.2 Å². The van der Waals surface area contributed by atoms with Crippen molar-refractivity contribution in [2.45, 2.75) is 6.04 Å². The van der Waals surface area contributed by atoms with E-state index < -0.39 is 33.5 Å². The smallest absolute Gasteiger partial charge is 0.327 e. The summed E-state index contributed by atoms with van der Waals surface area (Å²) >= 11 is 11.7. The fourth-order valence-electron chi connectivity index (χ4n) is 2.07. The van der Waals surface area contributed by atoms with Crippen LogP contribution >= 0.6 is 23.2 Å². The van der Waals surface area contributed by atoms with Crippen molar-refractivity contribution in [3.63, 3.8) is 0 Å². The molecule has 1 N–H and O–H groups in total. The number of carbonyl (C=O) groups is 2. The van der Waals surface area contributed by atoms with E-state index in [4.69, 9.17) is 28.3 Å². The van der Waals surface area contributed by atoms with Gasteiger partial charge in [-0.2, -0.15) is 0 Å². The van der Waals surface area contributed by atoms with Crippen LogP contribution in [0.2, 0.25) is 10.0 Å². The van der Waals surface area contributed by atoms with Crippen molar-refractivity contribution in [1.82, 2.24) is 4.90 Å². The lowest BCUT2D eigenvalue weighted by Crippen LogP contribution is -2.54. The van der Waals surface area contributed by atoms with E-state index in [2.05, 4.69) is 0 Å². The largest absolute Gasteiger partial charge is 0.480 e. The van der Waals surface area contributed by atoms with Crippen LogP contribution in [0.15, 0.2) is 18.2 Å². The van der Waals surface area contributed by atoms with Crippen LogP contribution in [0.1, 0.15) is 10.4 Å². The highest BCUT2D eigenvalue weighted by Crippen LogP contribution is 2.24. The summed E-state index contributed by atoms with van der Waals surface area (Å²) in [6.45, 7) is -0.183. The molecule has 1 atom stereocenters. The van der Waals surface area contributed by atoms with Crippen molar-refractivity contribution in [2.75, 3.05) is 18.1 Å². The summed E-state index contributed by atoms with van der Waals surface area (Å²) in [4.78, 5) is 24.6. The number of halogens is 2. The second kappa shape index (κ2) is 5.82. The minimum Gasteiger partial charge on any atom is -0.480 e. The van der Waals surface area contributed by atoms with Gasteiger partial charge in [0.15, 0.2) is 9.84 Å². The van der Waals surface area contributed by atoms with E-state index in [1.807, 2.05) is 0 Å². The first-order valence-electron chi connectivity index (χ1n) is 5.90. The number of aliphatic carboxylic acids is 1. The molecule has 1 aromatic carbocycles. The molecule has 0 spiro atoms. The number of carboxylic acid groups (broad SMARTS) is 1. The highest BCUT2D eigenvalue weighted by molar-refractivity contribution is 7.91. The van der Waals surface area contributed by atoms with Gasteiger partial charge in [-0.25, -0.2) is 13.2 Å². The molecule has 0 bridgehead atoms. The lowest BCUT2D eigenvalue weighted by atomic mass is 10.1. The number of rotatable bonds is 2. The highest BCUT2D eigenvalue weighted by Gasteiger charge is 2.39. The Morgan fingerprint density at radius 2 is 1.95 bits per heavy atom. The molecule has 1 heterocycles. The van der Waals surface area contributed by atoms with Crippen LogP contribution in [0.4, 0.5) is 0 Å². The van der Waals surface area contributed by atoms with Crippen LogP contribution in [0, 0.1) is 0 Å². The van der Waals surface area contributed by atoms with Gasteiger partial charge in [-0.1, -0.05) is 23.2 Å². The number of sulfone groups is 1. The number of nitrogens with zero attached hydrogens (tertiary/aromatic N) is 1. The molecule has 1 unspecified atom stereocenters. The Balaban J connectivity index is 2.35. The van der Waals surface area contributed by atoms with Gasteiger partial charge in [0.1, 0.15) is 6.04 Å². The monoisotopic (exact) mass is 351 g/mol. The second-order valence-corrected chi connectivity index (χ2v) is 7.66. The first kappa shape index (κ1) is 16.1. The van der Waals surface area contributed by atoms with Crippen molar-refractivity contribution in [3.8, 4) is 0 Å². The molecule has 1 aliphatic heterocycles. The van der Waals surface area contributed by atoms with Crippen molar-refractivity contribution in [2.24, 2.45) is 0 Å². The summed E-state index contributed by atoms with van der Waals surface area (Å²) in [5.74, 6) is -2.86. The van der Waals surface area contributed by atoms with E-state index in [0.29, 0.717) is 5.02 Å². The van der Waals surface area contributed by atoms with Crippen LogP contribution in [0.3, 0.4) is 0 Å². The van der Waals surface area contributed by atoms with E-state index in [9.17, 15) is 18.0 Å². The second-order valence-electron chi connectivity index (χ2n) is 4.59. The van der Waals surface area contributed by atoms with Gasteiger partial charge in [-0.15, -0.1) is 0 Å². The molecule has 1 saturated heterocycles. The molecule has 114 valence electrons. The van der Waals surface area contributed by atoms with Crippen LogP contribution in [-0.4, -0.2) is 54.4 Å². The zero-order chi connectivity index (χ0) is 15.8. The van der Waals surface area contributed by atoms with E-state index in [0.717, 1.165) is 4.90 Å². The number of hydrogen-bond donors (Lipinski definition) is 1. The predicted octanol–water partition coefficient (Wildman–Crippen LogP) is 1.32. The molecular weight excluding hydrogens is 341 g/mol. The first-order valence-corrected chi connectivity index (χ1v) is 8.48. The zero-order valence-electron chi connectivity index (χ0n) is 10.6.